The minimum atomic E-state index is -0.574. The van der Waals surface area contributed by atoms with Gasteiger partial charge in [0.2, 0.25) is 5.91 Å². The van der Waals surface area contributed by atoms with Gasteiger partial charge in [0.05, 0.1) is 12.5 Å². The van der Waals surface area contributed by atoms with Crippen LogP contribution in [0.5, 0.6) is 0 Å². The van der Waals surface area contributed by atoms with Crippen LogP contribution in [-0.4, -0.2) is 23.7 Å². The highest BCUT2D eigenvalue weighted by Crippen LogP contribution is 2.16. The predicted octanol–water partition coefficient (Wildman–Crippen LogP) is 2.71. The molecule has 2 aromatic rings. The molecule has 0 saturated heterocycles. The molecule has 0 bridgehead atoms. The van der Waals surface area contributed by atoms with Gasteiger partial charge in [-0.05, 0) is 17.2 Å². The maximum Gasteiger partial charge on any atom is 0.224 e. The number of carbonyl (C=O) groups excluding carboxylic acids is 1. The zero-order chi connectivity index (χ0) is 15.1. The molecule has 0 spiro atoms. The van der Waals surface area contributed by atoms with Crippen molar-refractivity contribution in [3.63, 3.8) is 0 Å². The van der Waals surface area contributed by atoms with E-state index in [-0.39, 0.29) is 12.5 Å². The predicted molar refractivity (Wildman–Crippen MR) is 87.0 cm³/mol. The molecular formula is C17H18BrNO2. The number of amides is 1. The van der Waals surface area contributed by atoms with Crippen molar-refractivity contribution in [2.45, 2.75) is 18.9 Å². The number of aliphatic hydroxyl groups excluding tert-OH is 1. The van der Waals surface area contributed by atoms with Crippen LogP contribution in [0.4, 0.5) is 0 Å². The fourth-order valence-electron chi connectivity index (χ4n) is 2.07. The van der Waals surface area contributed by atoms with Crippen molar-refractivity contribution in [1.29, 1.82) is 0 Å². The number of nitrogens with one attached hydrogen (secondary N) is 1. The van der Waals surface area contributed by atoms with Gasteiger partial charge < -0.3 is 10.4 Å². The maximum absolute atomic E-state index is 11.9. The molecule has 0 heterocycles. The summed E-state index contributed by atoms with van der Waals surface area (Å²) >= 11 is 3.42. The van der Waals surface area contributed by atoms with Gasteiger partial charge >= 0.3 is 0 Å². The number of halogens is 1. The van der Waals surface area contributed by atoms with Crippen molar-refractivity contribution < 1.29 is 9.90 Å². The number of carbonyl (C=O) groups is 1. The highest BCUT2D eigenvalue weighted by atomic mass is 79.9. The van der Waals surface area contributed by atoms with Crippen molar-refractivity contribution in [3.8, 4) is 0 Å². The summed E-state index contributed by atoms with van der Waals surface area (Å²) in [5.74, 6) is -0.0889. The minimum Gasteiger partial charge on any atom is -0.391 e. The molecule has 1 atom stereocenters. The van der Waals surface area contributed by atoms with E-state index in [1.165, 1.54) is 0 Å². The lowest BCUT2D eigenvalue weighted by Gasteiger charge is -2.12. The van der Waals surface area contributed by atoms with Crippen LogP contribution in [0.2, 0.25) is 0 Å². The van der Waals surface area contributed by atoms with Crippen LogP contribution >= 0.6 is 15.9 Å². The van der Waals surface area contributed by atoms with E-state index < -0.39 is 6.10 Å². The monoisotopic (exact) mass is 347 g/mol. The molecule has 1 unspecified atom stereocenters. The lowest BCUT2D eigenvalue weighted by molar-refractivity contribution is -0.120. The summed E-state index contributed by atoms with van der Waals surface area (Å²) < 4.78 is 0.921. The van der Waals surface area contributed by atoms with E-state index in [0.717, 1.165) is 15.6 Å². The van der Waals surface area contributed by atoms with Gasteiger partial charge in [0, 0.05) is 17.4 Å². The van der Waals surface area contributed by atoms with E-state index in [4.69, 9.17) is 0 Å². The quantitative estimate of drug-likeness (QED) is 0.843. The number of hydrogen-bond donors (Lipinski definition) is 2. The Bertz CT molecular complexity index is 586. The highest BCUT2D eigenvalue weighted by molar-refractivity contribution is 9.10. The van der Waals surface area contributed by atoms with Crippen LogP contribution in [0, 0.1) is 0 Å². The molecular weight excluding hydrogens is 330 g/mol. The molecule has 2 aromatic carbocycles. The molecule has 0 aliphatic heterocycles. The van der Waals surface area contributed by atoms with Crippen LogP contribution < -0.4 is 5.32 Å². The zero-order valence-corrected chi connectivity index (χ0v) is 13.2. The van der Waals surface area contributed by atoms with Gasteiger partial charge in [-0.25, -0.2) is 0 Å². The maximum atomic E-state index is 11.9. The van der Waals surface area contributed by atoms with E-state index in [0.29, 0.717) is 12.8 Å². The molecule has 0 radical (unpaired) electrons. The van der Waals surface area contributed by atoms with Gasteiger partial charge in [-0.2, -0.15) is 0 Å². The Balaban J connectivity index is 1.77. The van der Waals surface area contributed by atoms with Crippen LogP contribution in [0.1, 0.15) is 11.1 Å². The largest absolute Gasteiger partial charge is 0.391 e. The first-order valence-corrected chi connectivity index (χ1v) is 7.66. The van der Waals surface area contributed by atoms with E-state index in [2.05, 4.69) is 21.2 Å². The van der Waals surface area contributed by atoms with Crippen molar-refractivity contribution in [2.75, 3.05) is 6.54 Å². The summed E-state index contributed by atoms with van der Waals surface area (Å²) in [6.45, 7) is 0.262. The summed E-state index contributed by atoms with van der Waals surface area (Å²) in [5.41, 5.74) is 2.00. The van der Waals surface area contributed by atoms with Crippen molar-refractivity contribution in [1.82, 2.24) is 5.32 Å². The molecule has 0 aliphatic rings. The fourth-order valence-corrected chi connectivity index (χ4v) is 2.49. The van der Waals surface area contributed by atoms with Gasteiger partial charge in [0.15, 0.2) is 0 Å². The van der Waals surface area contributed by atoms with Gasteiger partial charge in [-0.3, -0.25) is 4.79 Å². The van der Waals surface area contributed by atoms with Crippen molar-refractivity contribution >= 4 is 21.8 Å². The summed E-state index contributed by atoms with van der Waals surface area (Å²) in [7, 11) is 0. The lowest BCUT2D eigenvalue weighted by Crippen LogP contribution is -2.34. The van der Waals surface area contributed by atoms with Gasteiger partial charge in [0.1, 0.15) is 0 Å². The number of rotatable bonds is 6. The van der Waals surface area contributed by atoms with Crippen LogP contribution in [0.15, 0.2) is 59.1 Å². The number of aliphatic hydroxyl groups is 1. The van der Waals surface area contributed by atoms with Crippen LogP contribution in [-0.2, 0) is 17.6 Å². The molecule has 3 nitrogen and oxygen atoms in total. The molecule has 0 fully saturated rings. The highest BCUT2D eigenvalue weighted by Gasteiger charge is 2.09. The third-order valence-electron chi connectivity index (χ3n) is 3.16. The van der Waals surface area contributed by atoms with E-state index in [1.54, 1.807) is 0 Å². The Morgan fingerprint density at radius 3 is 2.48 bits per heavy atom. The van der Waals surface area contributed by atoms with Gasteiger partial charge in [-0.15, -0.1) is 0 Å². The lowest BCUT2D eigenvalue weighted by atomic mass is 10.1. The molecule has 21 heavy (non-hydrogen) atoms. The molecule has 0 aliphatic carbocycles. The molecule has 0 aromatic heterocycles. The Labute approximate surface area is 133 Å². The van der Waals surface area contributed by atoms with Gasteiger partial charge in [0.25, 0.3) is 0 Å². The number of benzene rings is 2. The third-order valence-corrected chi connectivity index (χ3v) is 3.93. The van der Waals surface area contributed by atoms with Crippen LogP contribution in [0.3, 0.4) is 0 Å². The normalized spacial score (nSPS) is 11.9. The molecule has 0 saturated carbocycles. The van der Waals surface area contributed by atoms with Gasteiger partial charge in [-0.1, -0.05) is 64.5 Å². The second-order valence-electron chi connectivity index (χ2n) is 4.92. The SMILES string of the molecule is O=C(Cc1ccccc1Br)NCC(O)Cc1ccccc1. The Morgan fingerprint density at radius 2 is 1.76 bits per heavy atom. The smallest absolute Gasteiger partial charge is 0.224 e. The molecule has 2 rings (SSSR count). The topological polar surface area (TPSA) is 49.3 Å². The van der Waals surface area contributed by atoms with E-state index >= 15 is 0 Å². The molecule has 1 amide bonds. The summed E-state index contributed by atoms with van der Waals surface area (Å²) in [6.07, 6.45) is 0.269. The summed E-state index contributed by atoms with van der Waals surface area (Å²) in [5, 5.41) is 12.7. The molecule has 2 N–H and O–H groups in total. The Hall–Kier alpha value is -1.65. The second kappa shape index (κ2) is 7.96. The zero-order valence-electron chi connectivity index (χ0n) is 11.6. The molecule has 4 heteroatoms. The summed E-state index contributed by atoms with van der Waals surface area (Å²) in [4.78, 5) is 11.9. The second-order valence-corrected chi connectivity index (χ2v) is 5.77. The van der Waals surface area contributed by atoms with E-state index in [9.17, 15) is 9.90 Å². The van der Waals surface area contributed by atoms with Crippen molar-refractivity contribution in [2.24, 2.45) is 0 Å². The van der Waals surface area contributed by atoms with E-state index in [1.807, 2.05) is 54.6 Å². The Kier molecular flexibility index (Phi) is 5.96. The van der Waals surface area contributed by atoms with Crippen LogP contribution in [0.25, 0.3) is 0 Å². The molecule has 110 valence electrons. The average Bonchev–Trinajstić information content (AvgIpc) is 2.49. The van der Waals surface area contributed by atoms with Crippen molar-refractivity contribution in [3.05, 3.63) is 70.2 Å². The fraction of sp³-hybridized carbons (Fsp3) is 0.235. The first-order valence-electron chi connectivity index (χ1n) is 6.87. The first-order chi connectivity index (χ1) is 10.1. The number of hydrogen-bond acceptors (Lipinski definition) is 2. The first kappa shape index (κ1) is 15.7. The summed E-state index contributed by atoms with van der Waals surface area (Å²) in [6, 6.07) is 17.4. The third kappa shape index (κ3) is 5.33. The standard InChI is InChI=1S/C17H18BrNO2/c18-16-9-5-4-8-14(16)11-17(21)19-12-15(20)10-13-6-2-1-3-7-13/h1-9,15,20H,10-12H2,(H,19,21). The Morgan fingerprint density at radius 1 is 1.10 bits per heavy atom. The minimum absolute atomic E-state index is 0.0889. The average molecular weight is 348 g/mol.